The molecule has 0 unspecified atom stereocenters. The predicted molar refractivity (Wildman–Crippen MR) is 85.4 cm³/mol. The highest BCUT2D eigenvalue weighted by Crippen LogP contribution is 2.32. The third-order valence-corrected chi connectivity index (χ3v) is 3.73. The van der Waals surface area contributed by atoms with Crippen LogP contribution < -0.4 is 10.5 Å². The summed E-state index contributed by atoms with van der Waals surface area (Å²) in [6, 6.07) is 8.71. The summed E-state index contributed by atoms with van der Waals surface area (Å²) < 4.78 is 19.7. The summed E-state index contributed by atoms with van der Waals surface area (Å²) in [6.45, 7) is 6.19. The molecule has 4 heteroatoms. The summed E-state index contributed by atoms with van der Waals surface area (Å²) in [5, 5.41) is 0.105. The molecule has 2 aromatic carbocycles. The van der Waals surface area contributed by atoms with Crippen molar-refractivity contribution in [3.05, 3.63) is 57.9 Å². The van der Waals surface area contributed by atoms with Gasteiger partial charge in [0.05, 0.1) is 5.02 Å². The highest BCUT2D eigenvalue weighted by atomic mass is 35.5. The molecule has 0 atom stereocenters. The topological polar surface area (TPSA) is 35.2 Å². The van der Waals surface area contributed by atoms with Crippen LogP contribution in [0.5, 0.6) is 5.75 Å². The number of rotatable bonds is 4. The molecule has 0 radical (unpaired) electrons. The van der Waals surface area contributed by atoms with Gasteiger partial charge in [-0.1, -0.05) is 37.6 Å². The lowest BCUT2D eigenvalue weighted by molar-refractivity contribution is 0.295. The number of ether oxygens (including phenoxy) is 1. The third-order valence-electron chi connectivity index (χ3n) is 3.44. The van der Waals surface area contributed by atoms with Crippen LogP contribution in [0.15, 0.2) is 30.3 Å². The fourth-order valence-electron chi connectivity index (χ4n) is 2.11. The van der Waals surface area contributed by atoms with E-state index in [0.717, 1.165) is 22.6 Å². The Balaban J connectivity index is 2.27. The summed E-state index contributed by atoms with van der Waals surface area (Å²) in [5.41, 5.74) is 9.08. The second-order valence-electron chi connectivity index (χ2n) is 5.40. The molecule has 0 heterocycles. The lowest BCUT2D eigenvalue weighted by Crippen LogP contribution is -2.04. The summed E-state index contributed by atoms with van der Waals surface area (Å²) in [7, 11) is 0. The molecule has 0 saturated carbocycles. The first-order chi connectivity index (χ1) is 9.90. The number of anilines is 1. The van der Waals surface area contributed by atoms with Gasteiger partial charge < -0.3 is 10.5 Å². The molecule has 0 amide bonds. The number of halogens is 2. The van der Waals surface area contributed by atoms with Crippen molar-refractivity contribution in [3.63, 3.8) is 0 Å². The van der Waals surface area contributed by atoms with E-state index < -0.39 is 5.82 Å². The smallest absolute Gasteiger partial charge is 0.148 e. The first kappa shape index (κ1) is 15.6. The Morgan fingerprint density at radius 3 is 2.67 bits per heavy atom. The van der Waals surface area contributed by atoms with Gasteiger partial charge in [-0.2, -0.15) is 0 Å². The minimum Gasteiger partial charge on any atom is -0.488 e. The number of benzene rings is 2. The van der Waals surface area contributed by atoms with E-state index in [-0.39, 0.29) is 17.5 Å². The van der Waals surface area contributed by atoms with E-state index >= 15 is 0 Å². The van der Waals surface area contributed by atoms with Gasteiger partial charge in [-0.15, -0.1) is 0 Å². The van der Waals surface area contributed by atoms with E-state index in [0.29, 0.717) is 5.56 Å². The normalized spacial score (nSPS) is 11.0. The number of hydrogen-bond acceptors (Lipinski definition) is 2. The lowest BCUT2D eigenvalue weighted by atomic mass is 9.99. The van der Waals surface area contributed by atoms with Crippen molar-refractivity contribution < 1.29 is 9.13 Å². The molecule has 0 saturated heterocycles. The molecule has 2 aromatic rings. The molecular formula is C17H19ClFNO. The van der Waals surface area contributed by atoms with Crippen LogP contribution in [0.4, 0.5) is 10.1 Å². The number of aryl methyl sites for hydroxylation is 1. The summed E-state index contributed by atoms with van der Waals surface area (Å²) >= 11 is 5.78. The molecule has 0 spiro atoms. The van der Waals surface area contributed by atoms with Crippen LogP contribution in [-0.4, -0.2) is 0 Å². The number of hydrogen-bond donors (Lipinski definition) is 1. The minimum absolute atomic E-state index is 0.105. The van der Waals surface area contributed by atoms with Crippen molar-refractivity contribution in [1.82, 2.24) is 0 Å². The van der Waals surface area contributed by atoms with Crippen LogP contribution >= 0.6 is 11.6 Å². The fraction of sp³-hybridized carbons (Fsp3) is 0.294. The zero-order valence-electron chi connectivity index (χ0n) is 12.4. The Morgan fingerprint density at radius 1 is 1.29 bits per heavy atom. The molecule has 2 nitrogen and oxygen atoms in total. The van der Waals surface area contributed by atoms with Gasteiger partial charge in [-0.25, -0.2) is 4.39 Å². The number of nitrogens with two attached hydrogens (primary N) is 1. The van der Waals surface area contributed by atoms with Gasteiger partial charge in [0.25, 0.3) is 0 Å². The van der Waals surface area contributed by atoms with Gasteiger partial charge in [0, 0.05) is 11.3 Å². The minimum atomic E-state index is -0.433. The van der Waals surface area contributed by atoms with Gasteiger partial charge in [0.2, 0.25) is 0 Å². The van der Waals surface area contributed by atoms with Gasteiger partial charge in [-0.05, 0) is 42.2 Å². The Morgan fingerprint density at radius 2 is 2.00 bits per heavy atom. The molecule has 0 aromatic heterocycles. The van der Waals surface area contributed by atoms with E-state index in [1.807, 2.05) is 19.1 Å². The zero-order valence-corrected chi connectivity index (χ0v) is 13.2. The fourth-order valence-corrected chi connectivity index (χ4v) is 2.30. The van der Waals surface area contributed by atoms with Crippen LogP contribution in [0.3, 0.4) is 0 Å². The van der Waals surface area contributed by atoms with E-state index in [1.165, 1.54) is 6.07 Å². The van der Waals surface area contributed by atoms with Crippen molar-refractivity contribution >= 4 is 17.3 Å². The van der Waals surface area contributed by atoms with Gasteiger partial charge in [0.15, 0.2) is 0 Å². The lowest BCUT2D eigenvalue weighted by Gasteiger charge is -2.16. The first-order valence-electron chi connectivity index (χ1n) is 6.86. The Bertz CT molecular complexity index is 655. The van der Waals surface area contributed by atoms with E-state index in [2.05, 4.69) is 13.8 Å². The van der Waals surface area contributed by atoms with Crippen LogP contribution in [0, 0.1) is 12.7 Å². The average Bonchev–Trinajstić information content (AvgIpc) is 2.43. The Labute approximate surface area is 129 Å². The molecular weight excluding hydrogens is 289 g/mol. The van der Waals surface area contributed by atoms with Crippen molar-refractivity contribution in [2.24, 2.45) is 0 Å². The number of nitrogen functional groups attached to an aromatic ring is 1. The second-order valence-corrected chi connectivity index (χ2v) is 5.81. The molecule has 21 heavy (non-hydrogen) atoms. The maximum Gasteiger partial charge on any atom is 0.148 e. The molecule has 0 aliphatic heterocycles. The monoisotopic (exact) mass is 307 g/mol. The quantitative estimate of drug-likeness (QED) is 0.800. The van der Waals surface area contributed by atoms with Crippen LogP contribution in [0.2, 0.25) is 5.02 Å². The second kappa shape index (κ2) is 6.35. The summed E-state index contributed by atoms with van der Waals surface area (Å²) in [5.74, 6) is 0.570. The SMILES string of the molecule is Cc1cc(OCc2cccc(Cl)c2F)c(C(C)C)cc1N. The molecule has 2 rings (SSSR count). The van der Waals surface area contributed by atoms with Crippen LogP contribution in [-0.2, 0) is 6.61 Å². The van der Waals surface area contributed by atoms with Crippen LogP contribution in [0.25, 0.3) is 0 Å². The predicted octanol–water partition coefficient (Wildman–Crippen LogP) is 5.07. The maximum atomic E-state index is 13.9. The largest absolute Gasteiger partial charge is 0.488 e. The maximum absolute atomic E-state index is 13.9. The first-order valence-corrected chi connectivity index (χ1v) is 7.23. The third kappa shape index (κ3) is 3.48. The van der Waals surface area contributed by atoms with E-state index in [9.17, 15) is 4.39 Å². The summed E-state index contributed by atoms with van der Waals surface area (Å²) in [6.07, 6.45) is 0. The highest BCUT2D eigenvalue weighted by molar-refractivity contribution is 6.30. The van der Waals surface area contributed by atoms with Crippen molar-refractivity contribution in [2.75, 3.05) is 5.73 Å². The Hall–Kier alpha value is -1.74. The molecule has 2 N–H and O–H groups in total. The van der Waals surface area contributed by atoms with Crippen molar-refractivity contribution in [2.45, 2.75) is 33.3 Å². The van der Waals surface area contributed by atoms with E-state index in [4.69, 9.17) is 22.1 Å². The Kier molecular flexibility index (Phi) is 4.73. The average molecular weight is 308 g/mol. The van der Waals surface area contributed by atoms with E-state index in [1.54, 1.807) is 12.1 Å². The van der Waals surface area contributed by atoms with Gasteiger partial charge in [0.1, 0.15) is 18.2 Å². The van der Waals surface area contributed by atoms with Crippen molar-refractivity contribution in [3.8, 4) is 5.75 Å². The van der Waals surface area contributed by atoms with Crippen molar-refractivity contribution in [1.29, 1.82) is 0 Å². The standard InChI is InChI=1S/C17H19ClFNO/c1-10(2)13-8-15(20)11(3)7-16(13)21-9-12-5-4-6-14(18)17(12)19/h4-8,10H,9,20H2,1-3H3. The van der Waals surface area contributed by atoms with Crippen LogP contribution in [0.1, 0.15) is 36.5 Å². The summed E-state index contributed by atoms with van der Waals surface area (Å²) in [4.78, 5) is 0. The molecule has 0 aliphatic rings. The molecule has 112 valence electrons. The highest BCUT2D eigenvalue weighted by Gasteiger charge is 2.12. The molecule has 0 bridgehead atoms. The van der Waals surface area contributed by atoms with Gasteiger partial charge >= 0.3 is 0 Å². The zero-order chi connectivity index (χ0) is 15.6. The molecule has 0 aliphatic carbocycles. The van der Waals surface area contributed by atoms with Gasteiger partial charge in [-0.3, -0.25) is 0 Å². The molecule has 0 fully saturated rings.